The Morgan fingerprint density at radius 1 is 1.29 bits per heavy atom. The van der Waals surface area contributed by atoms with E-state index in [1.807, 2.05) is 7.05 Å². The van der Waals surface area contributed by atoms with Gasteiger partial charge in [0.15, 0.2) is 0 Å². The minimum Gasteiger partial charge on any atom is -0.305 e. The number of piperidine rings is 1. The van der Waals surface area contributed by atoms with Crippen LogP contribution in [0.25, 0.3) is 0 Å². The van der Waals surface area contributed by atoms with Crippen molar-refractivity contribution in [1.82, 2.24) is 10.2 Å². The smallest absolute Gasteiger partial charge is 0.134 e. The van der Waals surface area contributed by atoms with Gasteiger partial charge in [0.2, 0.25) is 0 Å². The quantitative estimate of drug-likeness (QED) is 0.715. The molecular weight excluding hydrogens is 176 g/mol. The standard InChI is InChI=1S/C11H20N2O/c1-8(14)9-3-4-10-5-6-11(12-2)13(10)7-9/h9-12H,3-7H2,1-2H3. The number of carbonyl (C=O) groups is 1. The van der Waals surface area contributed by atoms with Crippen molar-refractivity contribution >= 4 is 5.78 Å². The summed E-state index contributed by atoms with van der Waals surface area (Å²) in [5, 5.41) is 3.34. The lowest BCUT2D eigenvalue weighted by atomic mass is 9.91. The second-order valence-corrected chi connectivity index (χ2v) is 4.62. The fourth-order valence-corrected chi connectivity index (χ4v) is 2.90. The highest BCUT2D eigenvalue weighted by atomic mass is 16.1. The molecule has 0 spiro atoms. The summed E-state index contributed by atoms with van der Waals surface area (Å²) >= 11 is 0. The predicted molar refractivity (Wildman–Crippen MR) is 56.0 cm³/mol. The van der Waals surface area contributed by atoms with E-state index < -0.39 is 0 Å². The molecule has 3 atom stereocenters. The number of ketones is 1. The van der Waals surface area contributed by atoms with Crippen LogP contribution in [0.3, 0.4) is 0 Å². The first-order valence-corrected chi connectivity index (χ1v) is 5.66. The van der Waals surface area contributed by atoms with E-state index in [0.717, 1.165) is 19.0 Å². The van der Waals surface area contributed by atoms with Gasteiger partial charge in [0.25, 0.3) is 0 Å². The fourth-order valence-electron chi connectivity index (χ4n) is 2.90. The zero-order chi connectivity index (χ0) is 10.1. The maximum Gasteiger partial charge on any atom is 0.134 e. The molecule has 0 aromatic heterocycles. The first-order chi connectivity index (χ1) is 6.72. The van der Waals surface area contributed by atoms with Crippen LogP contribution < -0.4 is 5.32 Å². The van der Waals surface area contributed by atoms with E-state index in [0.29, 0.717) is 17.9 Å². The molecule has 2 heterocycles. The molecule has 0 amide bonds. The summed E-state index contributed by atoms with van der Waals surface area (Å²) in [6.07, 6.45) is 5.37. The molecule has 2 saturated heterocycles. The third-order valence-electron chi connectivity index (χ3n) is 3.83. The maximum absolute atomic E-state index is 11.3. The van der Waals surface area contributed by atoms with Crippen molar-refractivity contribution in [1.29, 1.82) is 0 Å². The van der Waals surface area contributed by atoms with Crippen LogP contribution in [0.4, 0.5) is 0 Å². The second kappa shape index (κ2) is 3.99. The van der Waals surface area contributed by atoms with Crippen LogP contribution in [-0.4, -0.2) is 36.5 Å². The molecular formula is C11H20N2O. The molecule has 3 unspecified atom stereocenters. The monoisotopic (exact) mass is 196 g/mol. The number of fused-ring (bicyclic) bond motifs is 1. The van der Waals surface area contributed by atoms with E-state index >= 15 is 0 Å². The highest BCUT2D eigenvalue weighted by Crippen LogP contribution is 2.32. The Morgan fingerprint density at radius 3 is 2.64 bits per heavy atom. The Balaban J connectivity index is 2.01. The summed E-state index contributed by atoms with van der Waals surface area (Å²) in [5.41, 5.74) is 0. The van der Waals surface area contributed by atoms with Crippen molar-refractivity contribution < 1.29 is 4.79 Å². The van der Waals surface area contributed by atoms with Crippen molar-refractivity contribution in [2.75, 3.05) is 13.6 Å². The van der Waals surface area contributed by atoms with Crippen LogP contribution in [0.1, 0.15) is 32.6 Å². The first kappa shape index (κ1) is 10.1. The van der Waals surface area contributed by atoms with Gasteiger partial charge in [-0.05, 0) is 39.7 Å². The molecule has 0 radical (unpaired) electrons. The summed E-state index contributed by atoms with van der Waals surface area (Å²) in [7, 11) is 2.02. The Morgan fingerprint density at radius 2 is 2.00 bits per heavy atom. The van der Waals surface area contributed by atoms with Crippen molar-refractivity contribution in [2.45, 2.75) is 44.8 Å². The topological polar surface area (TPSA) is 32.3 Å². The van der Waals surface area contributed by atoms with Gasteiger partial charge in [-0.1, -0.05) is 0 Å². The second-order valence-electron chi connectivity index (χ2n) is 4.62. The van der Waals surface area contributed by atoms with Crippen LogP contribution >= 0.6 is 0 Å². The Hall–Kier alpha value is -0.410. The average molecular weight is 196 g/mol. The molecule has 14 heavy (non-hydrogen) atoms. The van der Waals surface area contributed by atoms with Crippen LogP contribution in [0.5, 0.6) is 0 Å². The van der Waals surface area contributed by atoms with E-state index in [1.54, 1.807) is 6.92 Å². The van der Waals surface area contributed by atoms with E-state index in [1.165, 1.54) is 19.3 Å². The molecule has 0 aromatic carbocycles. The zero-order valence-electron chi connectivity index (χ0n) is 9.12. The highest BCUT2D eigenvalue weighted by molar-refractivity contribution is 5.78. The molecule has 0 saturated carbocycles. The van der Waals surface area contributed by atoms with Gasteiger partial charge >= 0.3 is 0 Å². The molecule has 3 heteroatoms. The third kappa shape index (κ3) is 1.71. The maximum atomic E-state index is 11.3. The van der Waals surface area contributed by atoms with Gasteiger partial charge in [0.05, 0.1) is 6.17 Å². The number of Topliss-reactive ketones (excluding diaryl/α,β-unsaturated/α-hetero) is 1. The van der Waals surface area contributed by atoms with Crippen molar-refractivity contribution in [2.24, 2.45) is 5.92 Å². The molecule has 0 aromatic rings. The van der Waals surface area contributed by atoms with Gasteiger partial charge in [0.1, 0.15) is 5.78 Å². The third-order valence-corrected chi connectivity index (χ3v) is 3.83. The Kier molecular flexibility index (Phi) is 2.88. The molecule has 0 aliphatic carbocycles. The van der Waals surface area contributed by atoms with Gasteiger partial charge < -0.3 is 5.32 Å². The van der Waals surface area contributed by atoms with Crippen LogP contribution in [-0.2, 0) is 4.79 Å². The summed E-state index contributed by atoms with van der Waals surface area (Å²) in [4.78, 5) is 13.8. The summed E-state index contributed by atoms with van der Waals surface area (Å²) in [6, 6.07) is 0.739. The average Bonchev–Trinajstić information content (AvgIpc) is 2.59. The molecule has 2 aliphatic heterocycles. The minimum atomic E-state index is 0.292. The number of carbonyl (C=O) groups excluding carboxylic acids is 1. The normalized spacial score (nSPS) is 38.3. The summed E-state index contributed by atoms with van der Waals surface area (Å²) < 4.78 is 0. The van der Waals surface area contributed by atoms with E-state index in [9.17, 15) is 4.79 Å². The van der Waals surface area contributed by atoms with E-state index in [2.05, 4.69) is 10.2 Å². The lowest BCUT2D eigenvalue weighted by Crippen LogP contribution is -2.49. The number of nitrogens with zero attached hydrogens (tertiary/aromatic N) is 1. The molecule has 1 N–H and O–H groups in total. The van der Waals surface area contributed by atoms with Gasteiger partial charge in [0, 0.05) is 18.5 Å². The summed E-state index contributed by atoms with van der Waals surface area (Å²) in [5.74, 6) is 0.658. The lowest BCUT2D eigenvalue weighted by molar-refractivity contribution is -0.123. The molecule has 3 nitrogen and oxygen atoms in total. The zero-order valence-corrected chi connectivity index (χ0v) is 9.12. The van der Waals surface area contributed by atoms with Crippen molar-refractivity contribution in [3.05, 3.63) is 0 Å². The van der Waals surface area contributed by atoms with Crippen LogP contribution in [0.2, 0.25) is 0 Å². The van der Waals surface area contributed by atoms with Gasteiger partial charge in [-0.15, -0.1) is 0 Å². The minimum absolute atomic E-state index is 0.292. The SMILES string of the molecule is CNC1CCC2CCC(C(C)=O)CN21. The number of nitrogens with one attached hydrogen (secondary N) is 1. The highest BCUT2D eigenvalue weighted by Gasteiger charge is 2.38. The fraction of sp³-hybridized carbons (Fsp3) is 0.909. The molecule has 80 valence electrons. The largest absolute Gasteiger partial charge is 0.305 e. The van der Waals surface area contributed by atoms with Gasteiger partial charge in [-0.25, -0.2) is 0 Å². The van der Waals surface area contributed by atoms with Crippen LogP contribution in [0.15, 0.2) is 0 Å². The Bertz CT molecular complexity index is 223. The van der Waals surface area contributed by atoms with Crippen molar-refractivity contribution in [3.63, 3.8) is 0 Å². The molecule has 2 rings (SSSR count). The lowest BCUT2D eigenvalue weighted by Gasteiger charge is -2.37. The number of hydrogen-bond acceptors (Lipinski definition) is 3. The van der Waals surface area contributed by atoms with E-state index in [-0.39, 0.29) is 0 Å². The van der Waals surface area contributed by atoms with Crippen LogP contribution in [0, 0.1) is 5.92 Å². The predicted octanol–water partition coefficient (Wildman–Crippen LogP) is 0.995. The summed E-state index contributed by atoms with van der Waals surface area (Å²) in [6.45, 7) is 2.71. The molecule has 2 fully saturated rings. The van der Waals surface area contributed by atoms with Gasteiger partial charge in [-0.3, -0.25) is 9.69 Å². The van der Waals surface area contributed by atoms with E-state index in [4.69, 9.17) is 0 Å². The molecule has 0 bridgehead atoms. The number of rotatable bonds is 2. The molecule has 2 aliphatic rings. The van der Waals surface area contributed by atoms with Crippen molar-refractivity contribution in [3.8, 4) is 0 Å². The number of hydrogen-bond donors (Lipinski definition) is 1. The Labute approximate surface area is 85.8 Å². The van der Waals surface area contributed by atoms with Gasteiger partial charge in [-0.2, -0.15) is 0 Å². The first-order valence-electron chi connectivity index (χ1n) is 5.66.